The van der Waals surface area contributed by atoms with Gasteiger partial charge in [0, 0.05) is 17.1 Å². The van der Waals surface area contributed by atoms with Crippen molar-refractivity contribution in [1.29, 1.82) is 0 Å². The third kappa shape index (κ3) is 5.25. The van der Waals surface area contributed by atoms with Gasteiger partial charge in [-0.25, -0.2) is 4.39 Å². The maximum atomic E-state index is 13.5. The van der Waals surface area contributed by atoms with Gasteiger partial charge in [-0.3, -0.25) is 0 Å². The minimum Gasteiger partial charge on any atom is -0.387 e. The van der Waals surface area contributed by atoms with Gasteiger partial charge in [-0.2, -0.15) is 0 Å². The van der Waals surface area contributed by atoms with Gasteiger partial charge in [0.25, 0.3) is 0 Å². The molecule has 3 nitrogen and oxygen atoms in total. The molecule has 0 amide bonds. The largest absolute Gasteiger partial charge is 0.387 e. The van der Waals surface area contributed by atoms with Gasteiger partial charge in [-0.05, 0) is 12.5 Å². The number of hydrogen-bond donors (Lipinski definition) is 1. The SMILES string of the molecule is CCCCSc1nnc(SCC(O)c2ccccc2F)s1. The normalized spacial score (nSPS) is 12.5. The number of thioether (sulfide) groups is 2. The maximum Gasteiger partial charge on any atom is 0.175 e. The summed E-state index contributed by atoms with van der Waals surface area (Å²) in [6, 6.07) is 6.30. The molecule has 1 aromatic carbocycles. The molecule has 2 aromatic rings. The molecule has 2 rings (SSSR count). The highest BCUT2D eigenvalue weighted by atomic mass is 32.2. The fraction of sp³-hybridized carbons (Fsp3) is 0.429. The van der Waals surface area contributed by atoms with Crippen LogP contribution in [-0.4, -0.2) is 26.8 Å². The molecule has 21 heavy (non-hydrogen) atoms. The molecule has 0 bridgehead atoms. The summed E-state index contributed by atoms with van der Waals surface area (Å²) in [5.74, 6) is 1.04. The first-order valence-corrected chi connectivity index (χ1v) is 9.51. The second-order valence-corrected chi connectivity index (χ2v) is 7.97. The van der Waals surface area contributed by atoms with Crippen LogP contribution in [0.2, 0.25) is 0 Å². The van der Waals surface area contributed by atoms with Gasteiger partial charge in [-0.1, -0.05) is 66.4 Å². The Morgan fingerprint density at radius 1 is 1.24 bits per heavy atom. The fourth-order valence-electron chi connectivity index (χ4n) is 1.60. The van der Waals surface area contributed by atoms with E-state index < -0.39 is 6.10 Å². The number of halogens is 1. The minimum absolute atomic E-state index is 0.326. The number of aromatic nitrogens is 2. The lowest BCUT2D eigenvalue weighted by Crippen LogP contribution is -2.03. The van der Waals surface area contributed by atoms with E-state index in [9.17, 15) is 9.50 Å². The van der Waals surface area contributed by atoms with Crippen molar-refractivity contribution in [2.45, 2.75) is 34.5 Å². The molecule has 0 aliphatic rings. The summed E-state index contributed by atoms with van der Waals surface area (Å²) in [6.07, 6.45) is 1.50. The Labute approximate surface area is 136 Å². The van der Waals surface area contributed by atoms with Crippen LogP contribution >= 0.6 is 34.9 Å². The van der Waals surface area contributed by atoms with Crippen LogP contribution in [0.3, 0.4) is 0 Å². The third-order valence-corrected chi connectivity index (χ3v) is 6.09. The first kappa shape index (κ1) is 16.7. The van der Waals surface area contributed by atoms with E-state index in [4.69, 9.17) is 0 Å². The number of nitrogens with zero attached hydrogens (tertiary/aromatic N) is 2. The second kappa shape index (κ2) is 8.73. The number of aliphatic hydroxyl groups is 1. The van der Waals surface area contributed by atoms with Crippen LogP contribution < -0.4 is 0 Å². The summed E-state index contributed by atoms with van der Waals surface area (Å²) in [4.78, 5) is 0. The lowest BCUT2D eigenvalue weighted by atomic mass is 10.1. The smallest absolute Gasteiger partial charge is 0.175 e. The number of rotatable bonds is 8. The van der Waals surface area contributed by atoms with E-state index in [1.807, 2.05) is 0 Å². The van der Waals surface area contributed by atoms with E-state index in [-0.39, 0.29) is 5.82 Å². The number of hydrogen-bond acceptors (Lipinski definition) is 6. The molecule has 0 radical (unpaired) electrons. The van der Waals surface area contributed by atoms with Crippen molar-refractivity contribution >= 4 is 34.9 Å². The van der Waals surface area contributed by atoms with Gasteiger partial charge < -0.3 is 5.11 Å². The summed E-state index contributed by atoms with van der Waals surface area (Å²) in [7, 11) is 0. The van der Waals surface area contributed by atoms with E-state index in [0.717, 1.165) is 14.4 Å². The Morgan fingerprint density at radius 2 is 1.95 bits per heavy atom. The average Bonchev–Trinajstić information content (AvgIpc) is 2.93. The third-order valence-electron chi connectivity index (χ3n) is 2.74. The molecule has 1 aromatic heterocycles. The summed E-state index contributed by atoms with van der Waals surface area (Å²) in [5, 5.41) is 18.2. The predicted octanol–water partition coefficient (Wildman–Crippen LogP) is 4.40. The molecule has 0 spiro atoms. The van der Waals surface area contributed by atoms with Crippen LogP contribution in [0.15, 0.2) is 32.9 Å². The van der Waals surface area contributed by atoms with Crippen molar-refractivity contribution in [3.05, 3.63) is 35.6 Å². The molecule has 1 atom stereocenters. The molecule has 0 aliphatic carbocycles. The highest BCUT2D eigenvalue weighted by molar-refractivity contribution is 8.03. The average molecular weight is 345 g/mol. The molecule has 1 unspecified atom stereocenters. The van der Waals surface area contributed by atoms with E-state index in [1.54, 1.807) is 30.0 Å². The van der Waals surface area contributed by atoms with Crippen LogP contribution in [-0.2, 0) is 0 Å². The topological polar surface area (TPSA) is 46.0 Å². The predicted molar refractivity (Wildman–Crippen MR) is 87.6 cm³/mol. The lowest BCUT2D eigenvalue weighted by molar-refractivity contribution is 0.199. The van der Waals surface area contributed by atoms with Gasteiger partial charge in [0.2, 0.25) is 0 Å². The number of benzene rings is 1. The van der Waals surface area contributed by atoms with Gasteiger partial charge in [0.15, 0.2) is 8.68 Å². The lowest BCUT2D eigenvalue weighted by Gasteiger charge is -2.09. The van der Waals surface area contributed by atoms with Crippen molar-refractivity contribution in [3.8, 4) is 0 Å². The number of unbranched alkanes of at least 4 members (excludes halogenated alkanes) is 1. The standard InChI is InChI=1S/C14H17FN2OS3/c1-2-3-8-19-13-16-17-14(21-13)20-9-12(18)10-6-4-5-7-11(10)15/h4-7,12,18H,2-3,8-9H2,1H3. The van der Waals surface area contributed by atoms with Crippen molar-refractivity contribution < 1.29 is 9.50 Å². The van der Waals surface area contributed by atoms with Gasteiger partial charge in [0.1, 0.15) is 5.82 Å². The summed E-state index contributed by atoms with van der Waals surface area (Å²) in [5.41, 5.74) is 0.326. The molecule has 0 aliphatic heterocycles. The van der Waals surface area contributed by atoms with E-state index in [2.05, 4.69) is 17.1 Å². The Morgan fingerprint density at radius 3 is 2.67 bits per heavy atom. The summed E-state index contributed by atoms with van der Waals surface area (Å²) in [6.45, 7) is 2.16. The second-order valence-electron chi connectivity index (χ2n) is 4.38. The van der Waals surface area contributed by atoms with Crippen molar-refractivity contribution in [3.63, 3.8) is 0 Å². The first-order chi connectivity index (χ1) is 10.2. The van der Waals surface area contributed by atoms with Crippen LogP contribution in [0.25, 0.3) is 0 Å². The summed E-state index contributed by atoms with van der Waals surface area (Å²) < 4.78 is 15.3. The molecule has 114 valence electrons. The monoisotopic (exact) mass is 344 g/mol. The molecule has 1 N–H and O–H groups in total. The molecule has 0 saturated carbocycles. The highest BCUT2D eigenvalue weighted by Gasteiger charge is 2.14. The molecular weight excluding hydrogens is 327 g/mol. The van der Waals surface area contributed by atoms with Crippen molar-refractivity contribution in [1.82, 2.24) is 10.2 Å². The summed E-state index contributed by atoms with van der Waals surface area (Å²) >= 11 is 4.64. The van der Waals surface area contributed by atoms with Crippen LogP contribution in [0.5, 0.6) is 0 Å². The molecule has 0 saturated heterocycles. The van der Waals surface area contributed by atoms with Crippen LogP contribution in [0, 0.1) is 5.82 Å². The Hall–Kier alpha value is -0.630. The quantitative estimate of drug-likeness (QED) is 0.568. The zero-order chi connectivity index (χ0) is 15.1. The fourth-order valence-corrected chi connectivity index (χ4v) is 4.76. The number of aliphatic hydroxyl groups excluding tert-OH is 1. The molecular formula is C14H17FN2OS3. The zero-order valence-corrected chi connectivity index (χ0v) is 14.1. The zero-order valence-electron chi connectivity index (χ0n) is 11.7. The van der Waals surface area contributed by atoms with Crippen LogP contribution in [0.4, 0.5) is 4.39 Å². The van der Waals surface area contributed by atoms with Gasteiger partial charge in [-0.15, -0.1) is 10.2 Å². The molecule has 1 heterocycles. The van der Waals surface area contributed by atoms with E-state index in [0.29, 0.717) is 11.3 Å². The minimum atomic E-state index is -0.837. The van der Waals surface area contributed by atoms with E-state index in [1.165, 1.54) is 42.0 Å². The molecule has 0 fully saturated rings. The highest BCUT2D eigenvalue weighted by Crippen LogP contribution is 2.31. The van der Waals surface area contributed by atoms with Gasteiger partial charge >= 0.3 is 0 Å². The maximum absolute atomic E-state index is 13.5. The van der Waals surface area contributed by atoms with Crippen molar-refractivity contribution in [2.24, 2.45) is 0 Å². The molecule has 7 heteroatoms. The van der Waals surface area contributed by atoms with E-state index >= 15 is 0 Å². The van der Waals surface area contributed by atoms with Gasteiger partial charge in [0.05, 0.1) is 6.10 Å². The Kier molecular flexibility index (Phi) is 6.95. The van der Waals surface area contributed by atoms with Crippen molar-refractivity contribution in [2.75, 3.05) is 11.5 Å². The Balaban J connectivity index is 1.84. The van der Waals surface area contributed by atoms with Crippen LogP contribution in [0.1, 0.15) is 31.4 Å². The first-order valence-electron chi connectivity index (χ1n) is 6.72. The Bertz CT molecular complexity index is 565.